The van der Waals surface area contributed by atoms with Gasteiger partial charge >= 0.3 is 0 Å². The van der Waals surface area contributed by atoms with E-state index in [0.717, 1.165) is 0 Å². The highest BCUT2D eigenvalue weighted by atomic mass is 19.3. The van der Waals surface area contributed by atoms with Gasteiger partial charge in [-0.05, 0) is 0 Å². The number of nitrogens with zero attached hydrogens (tertiary/aromatic N) is 3. The predicted molar refractivity (Wildman–Crippen MR) is 43.2 cm³/mol. The molecule has 0 saturated carbocycles. The van der Waals surface area contributed by atoms with Crippen LogP contribution in [0, 0.1) is 28.5 Å². The van der Waals surface area contributed by atoms with Crippen LogP contribution in [0.5, 0.6) is 0 Å². The molecule has 0 fully saturated rings. The molecule has 15 heavy (non-hydrogen) atoms. The average Bonchev–Trinajstić information content (AvgIpc) is 2.20. The molecule has 6 heteroatoms. The Balaban J connectivity index is 3.38. The van der Waals surface area contributed by atoms with Crippen molar-refractivity contribution in [3.05, 3.63) is 28.8 Å². The monoisotopic (exact) mass is 211 g/mol. The molecule has 0 atom stereocenters. The number of halogens is 3. The normalized spacial score (nSPS) is 9.73. The van der Waals surface area contributed by atoms with Crippen molar-refractivity contribution in [1.82, 2.24) is 4.98 Å². The molecular weight excluding hydrogens is 207 g/mol. The standard InChI is InChI=1S/C9H4F3N3/c10-8-5(1-2-13)7(3-14)15-4-6(8)9(11)12/h4,9H,1H2. The van der Waals surface area contributed by atoms with E-state index in [0.29, 0.717) is 6.20 Å². The van der Waals surface area contributed by atoms with E-state index in [1.165, 1.54) is 0 Å². The fourth-order valence-corrected chi connectivity index (χ4v) is 1.04. The van der Waals surface area contributed by atoms with Crippen LogP contribution in [0.25, 0.3) is 0 Å². The summed E-state index contributed by atoms with van der Waals surface area (Å²) in [6.07, 6.45) is -2.86. The minimum absolute atomic E-state index is 0.335. The van der Waals surface area contributed by atoms with Crippen molar-refractivity contribution < 1.29 is 13.2 Å². The summed E-state index contributed by atoms with van der Waals surface area (Å²) in [6, 6.07) is 3.13. The summed E-state index contributed by atoms with van der Waals surface area (Å²) in [6.45, 7) is 0. The largest absolute Gasteiger partial charge is 0.268 e. The molecule has 0 aliphatic rings. The van der Waals surface area contributed by atoms with E-state index in [9.17, 15) is 13.2 Å². The molecule has 0 N–H and O–H groups in total. The van der Waals surface area contributed by atoms with Crippen molar-refractivity contribution in [1.29, 1.82) is 10.5 Å². The van der Waals surface area contributed by atoms with E-state index < -0.39 is 24.2 Å². The van der Waals surface area contributed by atoms with Crippen molar-refractivity contribution in [3.8, 4) is 12.1 Å². The summed E-state index contributed by atoms with van der Waals surface area (Å²) < 4.78 is 37.8. The van der Waals surface area contributed by atoms with Gasteiger partial charge in [-0.3, -0.25) is 0 Å². The molecule has 1 heterocycles. The van der Waals surface area contributed by atoms with Crippen molar-refractivity contribution in [3.63, 3.8) is 0 Å². The quantitative estimate of drug-likeness (QED) is 0.752. The zero-order valence-electron chi connectivity index (χ0n) is 7.34. The average molecular weight is 211 g/mol. The van der Waals surface area contributed by atoms with Gasteiger partial charge in [0.05, 0.1) is 18.1 Å². The Bertz CT molecular complexity index is 457. The number of pyridine rings is 1. The molecule has 0 aliphatic heterocycles. The second-order valence-corrected chi connectivity index (χ2v) is 2.60. The molecule has 0 aliphatic carbocycles. The van der Waals surface area contributed by atoms with Crippen molar-refractivity contribution >= 4 is 0 Å². The smallest absolute Gasteiger partial charge is 0.245 e. The lowest BCUT2D eigenvalue weighted by Gasteiger charge is -2.05. The van der Waals surface area contributed by atoms with Crippen LogP contribution < -0.4 is 0 Å². The second-order valence-electron chi connectivity index (χ2n) is 2.60. The van der Waals surface area contributed by atoms with Gasteiger partial charge in [-0.1, -0.05) is 0 Å². The third-order valence-electron chi connectivity index (χ3n) is 1.73. The molecule has 1 rings (SSSR count). The van der Waals surface area contributed by atoms with Crippen LogP contribution in [0.3, 0.4) is 0 Å². The number of hydrogen-bond acceptors (Lipinski definition) is 3. The van der Waals surface area contributed by atoms with Crippen LogP contribution in [-0.4, -0.2) is 4.98 Å². The van der Waals surface area contributed by atoms with Gasteiger partial charge < -0.3 is 0 Å². The lowest BCUT2D eigenvalue weighted by Crippen LogP contribution is -2.03. The van der Waals surface area contributed by atoms with Crippen LogP contribution in [0.15, 0.2) is 6.20 Å². The fourth-order valence-electron chi connectivity index (χ4n) is 1.04. The highest BCUT2D eigenvalue weighted by molar-refractivity contribution is 5.37. The van der Waals surface area contributed by atoms with Crippen LogP contribution in [0.4, 0.5) is 13.2 Å². The Morgan fingerprint density at radius 1 is 1.40 bits per heavy atom. The summed E-state index contributed by atoms with van der Waals surface area (Å²) in [5.74, 6) is -1.22. The summed E-state index contributed by atoms with van der Waals surface area (Å²) in [5.41, 5.74) is -1.60. The van der Waals surface area contributed by atoms with Gasteiger partial charge in [0, 0.05) is 11.8 Å². The first kappa shape index (κ1) is 11.0. The van der Waals surface area contributed by atoms with E-state index in [4.69, 9.17) is 10.5 Å². The molecule has 0 unspecified atom stereocenters. The molecule has 1 aromatic rings. The van der Waals surface area contributed by atoms with Crippen molar-refractivity contribution in [2.75, 3.05) is 0 Å². The Labute approximate surface area is 83.4 Å². The topological polar surface area (TPSA) is 60.5 Å². The maximum atomic E-state index is 13.3. The number of nitriles is 2. The van der Waals surface area contributed by atoms with Gasteiger partial charge in [0.25, 0.3) is 6.43 Å². The highest BCUT2D eigenvalue weighted by Crippen LogP contribution is 2.24. The number of rotatable bonds is 2. The van der Waals surface area contributed by atoms with Crippen LogP contribution in [-0.2, 0) is 6.42 Å². The Hall–Kier alpha value is -2.08. The third kappa shape index (κ3) is 2.05. The molecule has 0 bridgehead atoms. The summed E-state index contributed by atoms with van der Waals surface area (Å²) in [7, 11) is 0. The predicted octanol–water partition coefficient (Wildman–Crippen LogP) is 2.10. The minimum atomic E-state index is -3.01. The molecule has 0 saturated heterocycles. The van der Waals surface area contributed by atoms with Gasteiger partial charge in [-0.25, -0.2) is 18.2 Å². The summed E-state index contributed by atoms with van der Waals surface area (Å²) in [4.78, 5) is 3.37. The molecule has 3 nitrogen and oxygen atoms in total. The van der Waals surface area contributed by atoms with Crippen molar-refractivity contribution in [2.24, 2.45) is 0 Å². The summed E-state index contributed by atoms with van der Waals surface area (Å²) >= 11 is 0. The van der Waals surface area contributed by atoms with E-state index in [1.54, 1.807) is 12.1 Å². The zero-order valence-corrected chi connectivity index (χ0v) is 7.34. The van der Waals surface area contributed by atoms with E-state index in [2.05, 4.69) is 4.98 Å². The van der Waals surface area contributed by atoms with Crippen LogP contribution >= 0.6 is 0 Å². The zero-order chi connectivity index (χ0) is 11.4. The molecule has 76 valence electrons. The third-order valence-corrected chi connectivity index (χ3v) is 1.73. The van der Waals surface area contributed by atoms with Gasteiger partial charge in [-0.15, -0.1) is 0 Å². The molecule has 0 spiro atoms. The molecule has 0 amide bonds. The fraction of sp³-hybridized carbons (Fsp3) is 0.222. The SMILES string of the molecule is N#CCc1c(C#N)ncc(C(F)F)c1F. The first-order valence-electron chi connectivity index (χ1n) is 3.84. The Morgan fingerprint density at radius 3 is 2.53 bits per heavy atom. The van der Waals surface area contributed by atoms with Gasteiger partial charge in [0.15, 0.2) is 0 Å². The number of hydrogen-bond donors (Lipinski definition) is 0. The molecule has 0 radical (unpaired) electrons. The Kier molecular flexibility index (Phi) is 3.25. The minimum Gasteiger partial charge on any atom is -0.245 e. The van der Waals surface area contributed by atoms with Gasteiger partial charge in [0.1, 0.15) is 17.6 Å². The first-order chi connectivity index (χ1) is 7.11. The van der Waals surface area contributed by atoms with Gasteiger partial charge in [0.2, 0.25) is 0 Å². The van der Waals surface area contributed by atoms with E-state index >= 15 is 0 Å². The summed E-state index contributed by atoms with van der Waals surface area (Å²) in [5, 5.41) is 16.9. The van der Waals surface area contributed by atoms with E-state index in [-0.39, 0.29) is 11.3 Å². The van der Waals surface area contributed by atoms with Crippen molar-refractivity contribution in [2.45, 2.75) is 12.8 Å². The molecular formula is C9H4F3N3. The lowest BCUT2D eigenvalue weighted by atomic mass is 10.1. The Morgan fingerprint density at radius 2 is 2.07 bits per heavy atom. The van der Waals surface area contributed by atoms with E-state index in [1.807, 2.05) is 0 Å². The molecule has 1 aromatic heterocycles. The first-order valence-corrected chi connectivity index (χ1v) is 3.84. The maximum Gasteiger partial charge on any atom is 0.268 e. The molecule has 0 aromatic carbocycles. The highest BCUT2D eigenvalue weighted by Gasteiger charge is 2.20. The van der Waals surface area contributed by atoms with Crippen LogP contribution in [0.2, 0.25) is 0 Å². The van der Waals surface area contributed by atoms with Gasteiger partial charge in [-0.2, -0.15) is 10.5 Å². The second kappa shape index (κ2) is 4.43. The lowest BCUT2D eigenvalue weighted by molar-refractivity contribution is 0.145. The number of aromatic nitrogens is 1. The maximum absolute atomic E-state index is 13.3. The van der Waals surface area contributed by atoms with Crippen LogP contribution in [0.1, 0.15) is 23.2 Å². The number of alkyl halides is 2.